The third-order valence-electron chi connectivity index (χ3n) is 2.66. The first-order valence-corrected chi connectivity index (χ1v) is 5.21. The lowest BCUT2D eigenvalue weighted by Gasteiger charge is -2.38. The van der Waals surface area contributed by atoms with Crippen molar-refractivity contribution in [1.29, 1.82) is 0 Å². The maximum Gasteiger partial charge on any atom is 0.129 e. The van der Waals surface area contributed by atoms with Crippen LogP contribution in [0.25, 0.3) is 0 Å². The largest absolute Gasteiger partial charge is 0.311 e. The van der Waals surface area contributed by atoms with Gasteiger partial charge in [0.25, 0.3) is 0 Å². The van der Waals surface area contributed by atoms with Crippen molar-refractivity contribution < 1.29 is 4.84 Å². The van der Waals surface area contributed by atoms with Gasteiger partial charge in [0.1, 0.15) is 6.61 Å². The van der Waals surface area contributed by atoms with Crippen molar-refractivity contribution in [3.63, 3.8) is 0 Å². The zero-order valence-electron chi connectivity index (χ0n) is 9.29. The SMILES string of the molecule is C#CCON1CC(C(C)C)NCC1C. The zero-order chi connectivity index (χ0) is 10.6. The highest BCUT2D eigenvalue weighted by Gasteiger charge is 2.27. The minimum Gasteiger partial charge on any atom is -0.311 e. The van der Waals surface area contributed by atoms with Crippen LogP contribution in [0.2, 0.25) is 0 Å². The molecule has 1 heterocycles. The minimum absolute atomic E-state index is 0.370. The van der Waals surface area contributed by atoms with Gasteiger partial charge in [0.05, 0.1) is 0 Å². The molecular formula is C11H20N2O. The summed E-state index contributed by atoms with van der Waals surface area (Å²) in [6, 6.07) is 0.905. The molecule has 1 N–H and O–H groups in total. The van der Waals surface area contributed by atoms with Crippen molar-refractivity contribution in [3.05, 3.63) is 0 Å². The third-order valence-corrected chi connectivity index (χ3v) is 2.66. The summed E-state index contributed by atoms with van der Waals surface area (Å²) in [5.41, 5.74) is 0. The summed E-state index contributed by atoms with van der Waals surface area (Å²) < 4.78 is 0. The van der Waals surface area contributed by atoms with Crippen LogP contribution in [0.4, 0.5) is 0 Å². The summed E-state index contributed by atoms with van der Waals surface area (Å²) >= 11 is 0. The summed E-state index contributed by atoms with van der Waals surface area (Å²) in [5.74, 6) is 3.12. The van der Waals surface area contributed by atoms with Gasteiger partial charge in [0.15, 0.2) is 0 Å². The molecular weight excluding hydrogens is 176 g/mol. The summed E-state index contributed by atoms with van der Waals surface area (Å²) in [4.78, 5) is 5.48. The van der Waals surface area contributed by atoms with Gasteiger partial charge in [-0.05, 0) is 12.8 Å². The van der Waals surface area contributed by atoms with Crippen LogP contribution in [0.5, 0.6) is 0 Å². The second-order valence-electron chi connectivity index (χ2n) is 4.18. The second-order valence-corrected chi connectivity index (χ2v) is 4.18. The van der Waals surface area contributed by atoms with E-state index in [1.54, 1.807) is 0 Å². The van der Waals surface area contributed by atoms with Crippen LogP contribution < -0.4 is 5.32 Å². The Kier molecular flexibility index (Phi) is 4.40. The normalized spacial score (nSPS) is 29.1. The van der Waals surface area contributed by atoms with Crippen molar-refractivity contribution in [2.75, 3.05) is 19.7 Å². The first kappa shape index (κ1) is 11.5. The standard InChI is InChI=1S/C11H20N2O/c1-5-6-14-13-8-11(9(2)3)12-7-10(13)4/h1,9-12H,6-8H2,2-4H3. The molecule has 0 aromatic carbocycles. The van der Waals surface area contributed by atoms with Gasteiger partial charge in [0.2, 0.25) is 0 Å². The minimum atomic E-state index is 0.370. The van der Waals surface area contributed by atoms with E-state index in [1.165, 1.54) is 0 Å². The lowest BCUT2D eigenvalue weighted by atomic mass is 10.0. The van der Waals surface area contributed by atoms with Crippen LogP contribution in [-0.4, -0.2) is 36.8 Å². The third kappa shape index (κ3) is 2.98. The molecule has 0 aliphatic carbocycles. The van der Waals surface area contributed by atoms with Crippen molar-refractivity contribution in [3.8, 4) is 12.3 Å². The van der Waals surface area contributed by atoms with Gasteiger partial charge in [-0.25, -0.2) is 0 Å². The van der Waals surface area contributed by atoms with Gasteiger partial charge in [0, 0.05) is 25.2 Å². The van der Waals surface area contributed by atoms with E-state index < -0.39 is 0 Å². The average Bonchev–Trinajstić information content (AvgIpc) is 2.16. The van der Waals surface area contributed by atoms with E-state index in [0.29, 0.717) is 24.6 Å². The summed E-state index contributed by atoms with van der Waals surface area (Å²) in [5, 5.41) is 5.50. The van der Waals surface area contributed by atoms with E-state index in [1.807, 2.05) is 5.06 Å². The Balaban J connectivity index is 2.43. The molecule has 0 saturated carbocycles. The Bertz CT molecular complexity index is 210. The molecule has 1 saturated heterocycles. The fourth-order valence-electron chi connectivity index (χ4n) is 1.61. The predicted molar refractivity (Wildman–Crippen MR) is 57.6 cm³/mol. The average molecular weight is 196 g/mol. The topological polar surface area (TPSA) is 24.5 Å². The molecule has 14 heavy (non-hydrogen) atoms. The van der Waals surface area contributed by atoms with Crippen LogP contribution in [0.1, 0.15) is 20.8 Å². The molecule has 1 fully saturated rings. The van der Waals surface area contributed by atoms with Crippen molar-refractivity contribution >= 4 is 0 Å². The van der Waals surface area contributed by atoms with Crippen molar-refractivity contribution in [2.24, 2.45) is 5.92 Å². The van der Waals surface area contributed by atoms with Gasteiger partial charge in [-0.15, -0.1) is 6.42 Å². The Morgan fingerprint density at radius 1 is 1.64 bits per heavy atom. The first-order chi connectivity index (χ1) is 6.65. The number of nitrogens with zero attached hydrogens (tertiary/aromatic N) is 1. The molecule has 0 amide bonds. The maximum atomic E-state index is 5.48. The summed E-state index contributed by atoms with van der Waals surface area (Å²) in [7, 11) is 0. The van der Waals surface area contributed by atoms with E-state index in [0.717, 1.165) is 13.1 Å². The fourth-order valence-corrected chi connectivity index (χ4v) is 1.61. The molecule has 0 bridgehead atoms. The number of piperazine rings is 1. The Hall–Kier alpha value is -0.560. The van der Waals surface area contributed by atoms with Crippen LogP contribution in [0.15, 0.2) is 0 Å². The zero-order valence-corrected chi connectivity index (χ0v) is 9.29. The molecule has 0 radical (unpaired) electrons. The number of rotatable bonds is 3. The molecule has 3 heteroatoms. The Labute approximate surface area is 86.8 Å². The predicted octanol–water partition coefficient (Wildman–Crippen LogP) is 0.869. The maximum absolute atomic E-state index is 5.48. The van der Waals surface area contributed by atoms with Gasteiger partial charge in [-0.3, -0.25) is 4.84 Å². The highest BCUT2D eigenvalue weighted by molar-refractivity contribution is 4.85. The Morgan fingerprint density at radius 2 is 2.36 bits per heavy atom. The fraction of sp³-hybridized carbons (Fsp3) is 0.818. The summed E-state index contributed by atoms with van der Waals surface area (Å²) in [6.45, 7) is 8.82. The molecule has 2 atom stereocenters. The highest BCUT2D eigenvalue weighted by atomic mass is 16.7. The van der Waals surface area contributed by atoms with Crippen molar-refractivity contribution in [2.45, 2.75) is 32.9 Å². The molecule has 1 rings (SSSR count). The van der Waals surface area contributed by atoms with Crippen LogP contribution >= 0.6 is 0 Å². The number of nitrogens with one attached hydrogen (secondary N) is 1. The highest BCUT2D eigenvalue weighted by Crippen LogP contribution is 2.12. The monoisotopic (exact) mass is 196 g/mol. The molecule has 0 aromatic rings. The molecule has 0 spiro atoms. The van der Waals surface area contributed by atoms with Gasteiger partial charge in [-0.2, -0.15) is 5.06 Å². The Morgan fingerprint density at radius 3 is 2.93 bits per heavy atom. The second kappa shape index (κ2) is 5.35. The lowest BCUT2D eigenvalue weighted by Crippen LogP contribution is -2.56. The van der Waals surface area contributed by atoms with Crippen LogP contribution in [0.3, 0.4) is 0 Å². The van der Waals surface area contributed by atoms with E-state index in [2.05, 4.69) is 32.0 Å². The number of hydrogen-bond acceptors (Lipinski definition) is 3. The quantitative estimate of drug-likeness (QED) is 0.678. The molecule has 1 aliphatic rings. The van der Waals surface area contributed by atoms with Crippen molar-refractivity contribution in [1.82, 2.24) is 10.4 Å². The van der Waals surface area contributed by atoms with E-state index in [-0.39, 0.29) is 0 Å². The number of hydrogen-bond donors (Lipinski definition) is 1. The van der Waals surface area contributed by atoms with E-state index in [4.69, 9.17) is 11.3 Å². The van der Waals surface area contributed by atoms with Gasteiger partial charge < -0.3 is 5.32 Å². The molecule has 80 valence electrons. The number of terminal acetylenes is 1. The van der Waals surface area contributed by atoms with Crippen LogP contribution in [-0.2, 0) is 4.84 Å². The summed E-state index contributed by atoms with van der Waals surface area (Å²) in [6.07, 6.45) is 5.17. The smallest absolute Gasteiger partial charge is 0.129 e. The first-order valence-electron chi connectivity index (χ1n) is 5.21. The van der Waals surface area contributed by atoms with Gasteiger partial charge in [-0.1, -0.05) is 19.8 Å². The molecule has 1 aliphatic heterocycles. The molecule has 2 unspecified atom stereocenters. The molecule has 0 aromatic heterocycles. The number of hydroxylamine groups is 2. The molecule has 3 nitrogen and oxygen atoms in total. The van der Waals surface area contributed by atoms with Crippen LogP contribution in [0, 0.1) is 18.3 Å². The van der Waals surface area contributed by atoms with Gasteiger partial charge >= 0.3 is 0 Å². The van der Waals surface area contributed by atoms with E-state index in [9.17, 15) is 0 Å². The van der Waals surface area contributed by atoms with E-state index >= 15 is 0 Å². The lowest BCUT2D eigenvalue weighted by molar-refractivity contribution is -0.187.